The van der Waals surface area contributed by atoms with Crippen LogP contribution >= 0.6 is 0 Å². The largest absolute Gasteiger partial charge is 0.497 e. The molecule has 0 bridgehead atoms. The topological polar surface area (TPSA) is 52.3 Å². The van der Waals surface area contributed by atoms with Crippen molar-refractivity contribution in [1.82, 2.24) is 19.2 Å². The molecule has 1 saturated heterocycles. The summed E-state index contributed by atoms with van der Waals surface area (Å²) < 4.78 is 9.24. The van der Waals surface area contributed by atoms with Crippen molar-refractivity contribution in [2.24, 2.45) is 0 Å². The number of fused-ring (bicyclic) bond motifs is 1. The Kier molecular flexibility index (Phi) is 4.17. The molecule has 1 unspecified atom stereocenters. The second kappa shape index (κ2) is 6.63. The van der Waals surface area contributed by atoms with Gasteiger partial charge in [0.25, 0.3) is 0 Å². The van der Waals surface area contributed by atoms with Crippen molar-refractivity contribution in [2.45, 2.75) is 25.4 Å². The Bertz CT molecular complexity index is 869. The monoisotopic (exact) mass is 338 g/mol. The van der Waals surface area contributed by atoms with Crippen molar-refractivity contribution in [3.63, 3.8) is 0 Å². The zero-order valence-electron chi connectivity index (χ0n) is 14.3. The number of nitrogens with zero attached hydrogens (tertiary/aromatic N) is 4. The highest BCUT2D eigenvalue weighted by Crippen LogP contribution is 2.23. The van der Waals surface area contributed by atoms with Gasteiger partial charge in [-0.25, -0.2) is 0 Å². The number of piperidine rings is 1. The van der Waals surface area contributed by atoms with Crippen LogP contribution in [0.1, 0.15) is 18.9 Å². The first-order valence-corrected chi connectivity index (χ1v) is 8.64. The molecular weight excluding hydrogens is 316 g/mol. The maximum Gasteiger partial charge on any atom is 0.242 e. The van der Waals surface area contributed by atoms with Gasteiger partial charge in [0.05, 0.1) is 13.2 Å². The molecule has 0 aliphatic carbocycles. The molecule has 2 aromatic heterocycles. The van der Waals surface area contributed by atoms with E-state index in [4.69, 9.17) is 4.74 Å². The Morgan fingerprint density at radius 2 is 2.24 bits per heavy atom. The average molecular weight is 338 g/mol. The fourth-order valence-corrected chi connectivity index (χ4v) is 3.58. The number of hydrogen-bond acceptors (Lipinski definition) is 3. The molecule has 1 atom stereocenters. The highest BCUT2D eigenvalue weighted by Gasteiger charge is 2.25. The minimum atomic E-state index is 0.158. The second-order valence-corrected chi connectivity index (χ2v) is 6.49. The molecule has 1 aliphatic rings. The summed E-state index contributed by atoms with van der Waals surface area (Å²) in [4.78, 5) is 14.8. The molecule has 1 aliphatic heterocycles. The molecule has 6 heteroatoms. The van der Waals surface area contributed by atoms with Crippen molar-refractivity contribution in [3.05, 3.63) is 48.9 Å². The van der Waals surface area contributed by atoms with E-state index < -0.39 is 0 Å². The molecule has 1 amide bonds. The number of likely N-dealkylation sites (tertiary alicyclic amines) is 1. The molecule has 1 aromatic carbocycles. The standard InChI is InChI=1S/C19H22N4O2/c1-25-17-5-6-18-15(12-17)7-11-21(18)14-19(24)22-9-2-4-16(13-22)23-10-3-8-20-23/h3,5-8,10-12,16H,2,4,9,13-14H2,1H3. The van der Waals surface area contributed by atoms with Crippen molar-refractivity contribution < 1.29 is 9.53 Å². The molecule has 1 fully saturated rings. The molecule has 0 N–H and O–H groups in total. The summed E-state index contributed by atoms with van der Waals surface area (Å²) in [6.07, 6.45) is 7.82. The SMILES string of the molecule is COc1ccc2c(ccn2CC(=O)N2CCCC(n3cccn3)C2)c1. The van der Waals surface area contributed by atoms with Crippen molar-refractivity contribution in [3.8, 4) is 5.75 Å². The van der Waals surface area contributed by atoms with Gasteiger partial charge in [-0.3, -0.25) is 9.48 Å². The third-order valence-electron chi connectivity index (χ3n) is 4.93. The maximum atomic E-state index is 12.8. The van der Waals surface area contributed by atoms with Crippen molar-refractivity contribution in [1.29, 1.82) is 0 Å². The molecule has 25 heavy (non-hydrogen) atoms. The van der Waals surface area contributed by atoms with Crippen LogP contribution in [-0.4, -0.2) is 45.4 Å². The van der Waals surface area contributed by atoms with Crippen LogP contribution < -0.4 is 4.74 Å². The lowest BCUT2D eigenvalue weighted by atomic mass is 10.1. The van der Waals surface area contributed by atoms with E-state index in [-0.39, 0.29) is 11.9 Å². The van der Waals surface area contributed by atoms with E-state index >= 15 is 0 Å². The summed E-state index contributed by atoms with van der Waals surface area (Å²) in [6, 6.07) is 10.2. The number of rotatable bonds is 4. The summed E-state index contributed by atoms with van der Waals surface area (Å²) >= 11 is 0. The van der Waals surface area contributed by atoms with Crippen LogP contribution in [0, 0.1) is 0 Å². The zero-order chi connectivity index (χ0) is 17.2. The summed E-state index contributed by atoms with van der Waals surface area (Å²) in [5.74, 6) is 0.986. The Morgan fingerprint density at radius 3 is 3.04 bits per heavy atom. The first kappa shape index (κ1) is 15.7. The van der Waals surface area contributed by atoms with Gasteiger partial charge in [0.1, 0.15) is 12.3 Å². The van der Waals surface area contributed by atoms with Gasteiger partial charge in [0.2, 0.25) is 5.91 Å². The minimum absolute atomic E-state index is 0.158. The third-order valence-corrected chi connectivity index (χ3v) is 4.93. The second-order valence-electron chi connectivity index (χ2n) is 6.49. The third kappa shape index (κ3) is 3.12. The van der Waals surface area contributed by atoms with E-state index in [1.54, 1.807) is 13.3 Å². The van der Waals surface area contributed by atoms with Gasteiger partial charge in [-0.2, -0.15) is 5.10 Å². The zero-order valence-corrected chi connectivity index (χ0v) is 14.3. The van der Waals surface area contributed by atoms with Crippen LogP contribution in [0.4, 0.5) is 0 Å². The average Bonchev–Trinajstić information content (AvgIpc) is 3.32. The lowest BCUT2D eigenvalue weighted by Gasteiger charge is -2.33. The highest BCUT2D eigenvalue weighted by molar-refractivity contribution is 5.84. The molecule has 3 aromatic rings. The summed E-state index contributed by atoms with van der Waals surface area (Å²) in [5, 5.41) is 5.41. The van der Waals surface area contributed by atoms with E-state index in [1.807, 2.05) is 56.9 Å². The first-order chi connectivity index (χ1) is 12.2. The Hall–Kier alpha value is -2.76. The molecule has 6 nitrogen and oxygen atoms in total. The number of methoxy groups -OCH3 is 1. The van der Waals surface area contributed by atoms with Gasteiger partial charge >= 0.3 is 0 Å². The van der Waals surface area contributed by atoms with Gasteiger partial charge in [-0.05, 0) is 43.2 Å². The Labute approximate surface area is 146 Å². The highest BCUT2D eigenvalue weighted by atomic mass is 16.5. The van der Waals surface area contributed by atoms with Gasteiger partial charge in [0.15, 0.2) is 0 Å². The predicted octanol–water partition coefficient (Wildman–Crippen LogP) is 2.71. The predicted molar refractivity (Wildman–Crippen MR) is 95.6 cm³/mol. The summed E-state index contributed by atoms with van der Waals surface area (Å²) in [6.45, 7) is 1.92. The lowest BCUT2D eigenvalue weighted by molar-refractivity contribution is -0.133. The number of carbonyl (C=O) groups excluding carboxylic acids is 1. The number of aromatic nitrogens is 3. The molecule has 0 saturated carbocycles. The van der Waals surface area contributed by atoms with E-state index in [1.165, 1.54) is 0 Å². The van der Waals surface area contributed by atoms with Crippen LogP contribution in [0.5, 0.6) is 5.75 Å². The van der Waals surface area contributed by atoms with Crippen LogP contribution in [0.15, 0.2) is 48.9 Å². The Balaban J connectivity index is 1.48. The minimum Gasteiger partial charge on any atom is -0.497 e. The summed E-state index contributed by atoms with van der Waals surface area (Å²) in [5.41, 5.74) is 1.05. The number of benzene rings is 1. The fraction of sp³-hybridized carbons (Fsp3) is 0.368. The number of carbonyl (C=O) groups is 1. The van der Waals surface area contributed by atoms with E-state index in [9.17, 15) is 4.79 Å². The van der Waals surface area contributed by atoms with E-state index in [2.05, 4.69) is 5.10 Å². The van der Waals surface area contributed by atoms with Crippen molar-refractivity contribution in [2.75, 3.05) is 20.2 Å². The van der Waals surface area contributed by atoms with Crippen LogP contribution in [-0.2, 0) is 11.3 Å². The van der Waals surface area contributed by atoms with E-state index in [0.717, 1.165) is 42.6 Å². The van der Waals surface area contributed by atoms with Crippen molar-refractivity contribution >= 4 is 16.8 Å². The van der Waals surface area contributed by atoms with Gasteiger partial charge in [-0.1, -0.05) is 0 Å². The Morgan fingerprint density at radius 1 is 1.32 bits per heavy atom. The van der Waals surface area contributed by atoms with Gasteiger partial charge in [-0.15, -0.1) is 0 Å². The molecule has 130 valence electrons. The molecule has 0 spiro atoms. The van der Waals surface area contributed by atoms with E-state index in [0.29, 0.717) is 6.54 Å². The quantitative estimate of drug-likeness (QED) is 0.735. The fourth-order valence-electron chi connectivity index (χ4n) is 3.58. The van der Waals surface area contributed by atoms with Crippen LogP contribution in [0.3, 0.4) is 0 Å². The molecule has 4 rings (SSSR count). The smallest absolute Gasteiger partial charge is 0.242 e. The summed E-state index contributed by atoms with van der Waals surface area (Å²) in [7, 11) is 1.66. The van der Waals surface area contributed by atoms with Gasteiger partial charge < -0.3 is 14.2 Å². The molecular formula is C19H22N4O2. The van der Waals surface area contributed by atoms with Gasteiger partial charge in [0, 0.05) is 42.6 Å². The lowest BCUT2D eigenvalue weighted by Crippen LogP contribution is -2.42. The van der Waals surface area contributed by atoms with Crippen LogP contribution in [0.25, 0.3) is 10.9 Å². The number of ether oxygens (including phenoxy) is 1. The molecule has 0 radical (unpaired) electrons. The first-order valence-electron chi connectivity index (χ1n) is 8.64. The van der Waals surface area contributed by atoms with Crippen LogP contribution in [0.2, 0.25) is 0 Å². The number of hydrogen-bond donors (Lipinski definition) is 0. The normalized spacial score (nSPS) is 17.8. The molecule has 3 heterocycles. The number of amides is 1. The maximum absolute atomic E-state index is 12.8.